The molecule has 0 spiro atoms. The van der Waals surface area contributed by atoms with Crippen molar-refractivity contribution in [3.05, 3.63) is 30.7 Å². The summed E-state index contributed by atoms with van der Waals surface area (Å²) in [5.41, 5.74) is -3.18. The molecule has 0 bridgehead atoms. The third-order valence-electron chi connectivity index (χ3n) is 4.66. The molecule has 4 rings (SSSR count). The van der Waals surface area contributed by atoms with E-state index in [0.29, 0.717) is 30.6 Å². The van der Waals surface area contributed by atoms with Gasteiger partial charge in [-0.15, -0.1) is 0 Å². The highest BCUT2D eigenvalue weighted by atomic mass is 32.2. The number of aromatic nitrogens is 3. The number of fused-ring (bicyclic) bond motifs is 3. The van der Waals surface area contributed by atoms with Crippen LogP contribution in [0.4, 0.5) is 18.9 Å². The first-order valence-electron chi connectivity index (χ1n) is 8.30. The van der Waals surface area contributed by atoms with E-state index in [-0.39, 0.29) is 6.54 Å². The predicted octanol–water partition coefficient (Wildman–Crippen LogP) is 2.52. The molecule has 7 nitrogen and oxygen atoms in total. The van der Waals surface area contributed by atoms with Crippen molar-refractivity contribution < 1.29 is 21.6 Å². The van der Waals surface area contributed by atoms with E-state index in [9.17, 15) is 21.6 Å². The normalized spacial score (nSPS) is 19.1. The maximum Gasteiger partial charge on any atom is 0.511 e. The van der Waals surface area contributed by atoms with Crippen LogP contribution in [-0.2, 0) is 10.0 Å². The van der Waals surface area contributed by atoms with Crippen LogP contribution >= 0.6 is 0 Å². The first-order valence-corrected chi connectivity index (χ1v) is 9.79. The summed E-state index contributed by atoms with van der Waals surface area (Å²) in [7, 11) is -5.38. The summed E-state index contributed by atoms with van der Waals surface area (Å²) in [6, 6.07) is 2.83. The minimum absolute atomic E-state index is 0.142. The van der Waals surface area contributed by atoms with Crippen LogP contribution in [0.5, 0.6) is 0 Å². The minimum Gasteiger partial charge on any atom is -0.369 e. The average molecular weight is 399 g/mol. The molecule has 0 aromatic carbocycles. The van der Waals surface area contributed by atoms with E-state index in [0.717, 1.165) is 16.5 Å². The van der Waals surface area contributed by atoms with Crippen molar-refractivity contribution in [3.63, 3.8) is 0 Å². The van der Waals surface area contributed by atoms with Gasteiger partial charge in [0.15, 0.2) is 0 Å². The number of piperidine rings is 1. The van der Waals surface area contributed by atoms with Gasteiger partial charge in [-0.3, -0.25) is 4.98 Å². The predicted molar refractivity (Wildman–Crippen MR) is 94.7 cm³/mol. The number of hydrogen-bond acceptors (Lipinski definition) is 5. The van der Waals surface area contributed by atoms with Gasteiger partial charge in [-0.1, -0.05) is 0 Å². The fraction of sp³-hybridized carbons (Fsp3) is 0.375. The molecule has 11 heteroatoms. The quantitative estimate of drug-likeness (QED) is 0.706. The van der Waals surface area contributed by atoms with Crippen molar-refractivity contribution in [1.29, 1.82) is 0 Å². The second-order valence-corrected chi connectivity index (χ2v) is 8.15. The monoisotopic (exact) mass is 399 g/mol. The lowest BCUT2D eigenvalue weighted by Crippen LogP contribution is -2.50. The van der Waals surface area contributed by atoms with Crippen LogP contribution in [0.3, 0.4) is 0 Å². The molecular weight excluding hydrogens is 383 g/mol. The maximum absolute atomic E-state index is 12.7. The topological polar surface area (TPSA) is 91.0 Å². The van der Waals surface area contributed by atoms with Gasteiger partial charge in [0.25, 0.3) is 0 Å². The van der Waals surface area contributed by atoms with E-state index in [2.05, 4.69) is 15.0 Å². The van der Waals surface area contributed by atoms with Crippen molar-refractivity contribution in [2.45, 2.75) is 24.4 Å². The Labute approximate surface area is 152 Å². The van der Waals surface area contributed by atoms with Crippen molar-refractivity contribution in [3.8, 4) is 0 Å². The Balaban J connectivity index is 1.69. The standard InChI is InChI=1S/C16H16F3N5O2S/c17-16(18,19)27(25,26)23-10-2-1-7-24(9-10)13-4-6-20-12-8-22-15-11(14(12)13)3-5-21-15/h3-6,8,10,23H,1-2,7,9H2,(H,21,22). The van der Waals surface area contributed by atoms with Gasteiger partial charge >= 0.3 is 15.5 Å². The zero-order valence-electron chi connectivity index (χ0n) is 14.0. The third-order valence-corrected chi connectivity index (χ3v) is 5.91. The number of nitrogens with one attached hydrogen (secondary N) is 2. The Morgan fingerprint density at radius 3 is 2.85 bits per heavy atom. The van der Waals surface area contributed by atoms with Gasteiger partial charge < -0.3 is 9.88 Å². The summed E-state index contributed by atoms with van der Waals surface area (Å²) in [6.45, 7) is 0.750. The van der Waals surface area contributed by atoms with Crippen molar-refractivity contribution in [2.24, 2.45) is 0 Å². The highest BCUT2D eigenvalue weighted by Crippen LogP contribution is 2.33. The van der Waals surface area contributed by atoms with Gasteiger partial charge in [0.05, 0.1) is 11.7 Å². The molecule has 1 aliphatic heterocycles. The minimum atomic E-state index is -5.38. The molecule has 1 unspecified atom stereocenters. The molecule has 1 fully saturated rings. The number of nitrogens with zero attached hydrogens (tertiary/aromatic N) is 3. The van der Waals surface area contributed by atoms with Gasteiger partial charge in [0.1, 0.15) is 5.65 Å². The molecule has 27 heavy (non-hydrogen) atoms. The van der Waals surface area contributed by atoms with E-state index >= 15 is 0 Å². The van der Waals surface area contributed by atoms with Crippen molar-refractivity contribution in [1.82, 2.24) is 19.7 Å². The van der Waals surface area contributed by atoms with Gasteiger partial charge in [-0.2, -0.15) is 13.2 Å². The third kappa shape index (κ3) is 3.21. The zero-order valence-corrected chi connectivity index (χ0v) is 14.8. The van der Waals surface area contributed by atoms with E-state index in [1.54, 1.807) is 29.4 Å². The van der Waals surface area contributed by atoms with Gasteiger partial charge in [-0.05, 0) is 25.0 Å². The molecular formula is C16H16F3N5O2S. The van der Waals surface area contributed by atoms with Crippen molar-refractivity contribution in [2.75, 3.05) is 18.0 Å². The highest BCUT2D eigenvalue weighted by Gasteiger charge is 2.47. The fourth-order valence-corrected chi connectivity index (χ4v) is 4.24. The summed E-state index contributed by atoms with van der Waals surface area (Å²) in [6.07, 6.45) is 5.91. The average Bonchev–Trinajstić information content (AvgIpc) is 3.09. The van der Waals surface area contributed by atoms with Gasteiger partial charge in [0.2, 0.25) is 0 Å². The van der Waals surface area contributed by atoms with E-state index < -0.39 is 21.6 Å². The summed E-state index contributed by atoms with van der Waals surface area (Å²) >= 11 is 0. The lowest BCUT2D eigenvalue weighted by molar-refractivity contribution is -0.0451. The molecule has 1 atom stereocenters. The lowest BCUT2D eigenvalue weighted by Gasteiger charge is -2.35. The molecule has 0 saturated carbocycles. The fourth-order valence-electron chi connectivity index (χ4n) is 3.48. The molecule has 0 aliphatic carbocycles. The van der Waals surface area contributed by atoms with Crippen LogP contribution in [-0.4, -0.2) is 48.0 Å². The molecule has 144 valence electrons. The van der Waals surface area contributed by atoms with E-state index in [4.69, 9.17) is 0 Å². The van der Waals surface area contributed by atoms with Gasteiger partial charge in [-0.25, -0.2) is 18.1 Å². The van der Waals surface area contributed by atoms with Crippen LogP contribution in [0.1, 0.15) is 12.8 Å². The molecule has 1 saturated heterocycles. The zero-order chi connectivity index (χ0) is 19.2. The van der Waals surface area contributed by atoms with E-state index in [1.165, 1.54) is 0 Å². The number of pyridine rings is 2. The maximum atomic E-state index is 12.7. The largest absolute Gasteiger partial charge is 0.511 e. The highest BCUT2D eigenvalue weighted by molar-refractivity contribution is 7.90. The number of sulfonamides is 1. The SMILES string of the molecule is O=S(=O)(NC1CCCN(c2ccnc3cnc4[nH]ccc4c23)C1)C(F)(F)F. The molecule has 1 aliphatic rings. The Morgan fingerprint density at radius 1 is 1.26 bits per heavy atom. The number of H-pyrrole nitrogens is 1. The Morgan fingerprint density at radius 2 is 2.07 bits per heavy atom. The van der Waals surface area contributed by atoms with Crippen LogP contribution in [0.25, 0.3) is 21.9 Å². The Bertz CT molecular complexity index is 1100. The second kappa shape index (κ2) is 6.34. The van der Waals surface area contributed by atoms with Gasteiger partial charge in [0, 0.05) is 48.0 Å². The smallest absolute Gasteiger partial charge is 0.369 e. The lowest BCUT2D eigenvalue weighted by atomic mass is 10.0. The summed E-state index contributed by atoms with van der Waals surface area (Å²) < 4.78 is 62.7. The number of hydrogen-bond donors (Lipinski definition) is 2. The molecule has 0 radical (unpaired) electrons. The number of rotatable bonds is 3. The van der Waals surface area contributed by atoms with Crippen molar-refractivity contribution >= 4 is 37.6 Å². The first-order chi connectivity index (χ1) is 12.8. The summed E-state index contributed by atoms with van der Waals surface area (Å²) in [5, 5.41) is 1.69. The molecule has 3 aromatic heterocycles. The molecule has 3 aromatic rings. The molecule has 2 N–H and O–H groups in total. The Hall–Kier alpha value is -2.40. The number of anilines is 1. The summed E-state index contributed by atoms with van der Waals surface area (Å²) in [5.74, 6) is 0. The van der Waals surface area contributed by atoms with Crippen LogP contribution in [0, 0.1) is 0 Å². The van der Waals surface area contributed by atoms with Crippen LogP contribution in [0.2, 0.25) is 0 Å². The second-order valence-electron chi connectivity index (χ2n) is 6.44. The summed E-state index contributed by atoms with van der Waals surface area (Å²) in [4.78, 5) is 13.5. The van der Waals surface area contributed by atoms with Crippen LogP contribution in [0.15, 0.2) is 30.7 Å². The number of alkyl halides is 3. The molecule has 4 heterocycles. The number of halogens is 3. The Kier molecular flexibility index (Phi) is 4.22. The molecule has 0 amide bonds. The number of aromatic amines is 1. The van der Waals surface area contributed by atoms with Crippen LogP contribution < -0.4 is 9.62 Å². The van der Waals surface area contributed by atoms with E-state index in [1.807, 2.05) is 11.0 Å². The first kappa shape index (κ1) is 18.0.